The highest BCUT2D eigenvalue weighted by atomic mass is 35.5. The lowest BCUT2D eigenvalue weighted by Gasteiger charge is -2.19. The molecular weight excluding hydrogens is 363 g/mol. The maximum Gasteiger partial charge on any atom is 0.247 e. The summed E-state index contributed by atoms with van der Waals surface area (Å²) < 4.78 is 5.37. The molecule has 0 saturated carbocycles. The van der Waals surface area contributed by atoms with E-state index in [0.29, 0.717) is 28.0 Å². The van der Waals surface area contributed by atoms with E-state index in [-0.39, 0.29) is 18.4 Å². The van der Waals surface area contributed by atoms with E-state index < -0.39 is 0 Å². The normalized spacial score (nSPS) is 10.9. The number of para-hydroxylation sites is 1. The van der Waals surface area contributed by atoms with Crippen LogP contribution in [0, 0.1) is 6.92 Å². The predicted molar refractivity (Wildman–Crippen MR) is 99.8 cm³/mol. The highest BCUT2D eigenvalue weighted by molar-refractivity contribution is 6.39. The topological polar surface area (TPSA) is 62.6 Å². The smallest absolute Gasteiger partial charge is 0.247 e. The number of hydrogen-bond donors (Lipinski definition) is 1. The van der Waals surface area contributed by atoms with E-state index in [0.717, 1.165) is 5.76 Å². The first-order valence-electron chi connectivity index (χ1n) is 7.68. The molecule has 0 aliphatic rings. The van der Waals surface area contributed by atoms with Gasteiger partial charge in [0.1, 0.15) is 18.1 Å². The number of halogens is 2. The van der Waals surface area contributed by atoms with Gasteiger partial charge in [-0.05, 0) is 44.2 Å². The van der Waals surface area contributed by atoms with E-state index >= 15 is 0 Å². The minimum absolute atomic E-state index is 0.113. The summed E-state index contributed by atoms with van der Waals surface area (Å²) in [6, 6.07) is 8.51. The van der Waals surface area contributed by atoms with E-state index in [1.807, 2.05) is 13.0 Å². The van der Waals surface area contributed by atoms with Crippen LogP contribution in [0.25, 0.3) is 6.08 Å². The molecule has 0 aliphatic carbocycles. The van der Waals surface area contributed by atoms with Gasteiger partial charge in [0, 0.05) is 12.6 Å². The molecule has 0 aliphatic heterocycles. The molecule has 1 N–H and O–H groups in total. The van der Waals surface area contributed by atoms with Crippen LogP contribution in [0.1, 0.15) is 18.4 Å². The largest absolute Gasteiger partial charge is 0.462 e. The number of aryl methyl sites for hydroxylation is 1. The number of likely N-dealkylation sites (N-methyl/N-ethyl adjacent to an activating group) is 1. The van der Waals surface area contributed by atoms with Crippen molar-refractivity contribution in [1.82, 2.24) is 4.90 Å². The molecule has 0 bridgehead atoms. The predicted octanol–water partition coefficient (Wildman–Crippen LogP) is 4.40. The fourth-order valence-corrected chi connectivity index (χ4v) is 2.61. The van der Waals surface area contributed by atoms with Crippen LogP contribution in [0.5, 0.6) is 0 Å². The van der Waals surface area contributed by atoms with Gasteiger partial charge >= 0.3 is 0 Å². The Bertz CT molecular complexity index is 779. The zero-order valence-corrected chi connectivity index (χ0v) is 15.4. The van der Waals surface area contributed by atoms with Gasteiger partial charge in [0.25, 0.3) is 0 Å². The van der Waals surface area contributed by atoms with Gasteiger partial charge < -0.3 is 14.6 Å². The molecule has 2 rings (SSSR count). The maximum absolute atomic E-state index is 12.2. The standard InChI is InChI=1S/C18H18Cl2N2O3/c1-3-22(17(24)10-9-13-8-7-12(2)25-13)11-16(23)21-18-14(19)5-4-6-15(18)20/h4-10H,3,11H2,1-2H3,(H,21,23)/b10-9+. The molecule has 7 heteroatoms. The van der Waals surface area contributed by atoms with Crippen LogP contribution in [0.3, 0.4) is 0 Å². The number of carbonyl (C=O) groups excluding carboxylic acids is 2. The van der Waals surface area contributed by atoms with Crippen molar-refractivity contribution in [3.8, 4) is 0 Å². The van der Waals surface area contributed by atoms with Crippen LogP contribution in [0.2, 0.25) is 10.0 Å². The van der Waals surface area contributed by atoms with Gasteiger partial charge in [0.15, 0.2) is 0 Å². The van der Waals surface area contributed by atoms with E-state index in [1.165, 1.54) is 11.0 Å². The lowest BCUT2D eigenvalue weighted by atomic mass is 10.3. The molecule has 0 fully saturated rings. The second-order valence-corrected chi connectivity index (χ2v) is 6.09. The van der Waals surface area contributed by atoms with Gasteiger partial charge in [0.2, 0.25) is 11.8 Å². The lowest BCUT2D eigenvalue weighted by Crippen LogP contribution is -2.37. The van der Waals surface area contributed by atoms with E-state index in [9.17, 15) is 9.59 Å². The highest BCUT2D eigenvalue weighted by Crippen LogP contribution is 2.29. The van der Waals surface area contributed by atoms with Crippen molar-refractivity contribution in [3.05, 3.63) is 58.0 Å². The van der Waals surface area contributed by atoms with Crippen molar-refractivity contribution in [1.29, 1.82) is 0 Å². The summed E-state index contributed by atoms with van der Waals surface area (Å²) in [5, 5.41) is 3.31. The lowest BCUT2D eigenvalue weighted by molar-refractivity contribution is -0.130. The summed E-state index contributed by atoms with van der Waals surface area (Å²) in [4.78, 5) is 25.8. The van der Waals surface area contributed by atoms with Gasteiger partial charge in [-0.2, -0.15) is 0 Å². The molecule has 1 aromatic heterocycles. The second kappa shape index (κ2) is 8.74. The quantitative estimate of drug-likeness (QED) is 0.755. The number of nitrogens with one attached hydrogen (secondary N) is 1. The van der Waals surface area contributed by atoms with Crippen LogP contribution >= 0.6 is 23.2 Å². The number of benzene rings is 1. The number of furan rings is 1. The molecule has 0 unspecified atom stereocenters. The molecule has 0 saturated heterocycles. The fourth-order valence-electron chi connectivity index (χ4n) is 2.12. The number of hydrogen-bond acceptors (Lipinski definition) is 3. The molecule has 0 spiro atoms. The molecule has 1 aromatic carbocycles. The molecule has 0 atom stereocenters. The first-order chi connectivity index (χ1) is 11.9. The maximum atomic E-state index is 12.2. The Morgan fingerprint density at radius 3 is 2.44 bits per heavy atom. The third-order valence-electron chi connectivity index (χ3n) is 3.41. The van der Waals surface area contributed by atoms with Gasteiger partial charge in [-0.3, -0.25) is 9.59 Å². The zero-order chi connectivity index (χ0) is 18.4. The summed E-state index contributed by atoms with van der Waals surface area (Å²) in [6.07, 6.45) is 2.94. The Labute approximate surface area is 156 Å². The third kappa shape index (κ3) is 5.37. The monoisotopic (exact) mass is 380 g/mol. The highest BCUT2D eigenvalue weighted by Gasteiger charge is 2.15. The van der Waals surface area contributed by atoms with Gasteiger partial charge in [-0.15, -0.1) is 0 Å². The molecule has 1 heterocycles. The van der Waals surface area contributed by atoms with Crippen molar-refractivity contribution in [3.63, 3.8) is 0 Å². The van der Waals surface area contributed by atoms with Crippen molar-refractivity contribution < 1.29 is 14.0 Å². The van der Waals surface area contributed by atoms with Crippen LogP contribution in [-0.2, 0) is 9.59 Å². The summed E-state index contributed by atoms with van der Waals surface area (Å²) in [7, 11) is 0. The zero-order valence-electron chi connectivity index (χ0n) is 13.9. The first-order valence-corrected chi connectivity index (χ1v) is 8.43. The molecular formula is C18H18Cl2N2O3. The number of rotatable bonds is 6. The summed E-state index contributed by atoms with van der Waals surface area (Å²) in [5.41, 5.74) is 0.334. The summed E-state index contributed by atoms with van der Waals surface area (Å²) in [6.45, 7) is 3.88. The van der Waals surface area contributed by atoms with Gasteiger partial charge in [-0.25, -0.2) is 0 Å². The van der Waals surface area contributed by atoms with Crippen molar-refractivity contribution in [2.75, 3.05) is 18.4 Å². The van der Waals surface area contributed by atoms with Crippen LogP contribution in [0.15, 0.2) is 40.8 Å². The van der Waals surface area contributed by atoms with Crippen LogP contribution in [0.4, 0.5) is 5.69 Å². The average molecular weight is 381 g/mol. The Kier molecular flexibility index (Phi) is 6.67. The first kappa shape index (κ1) is 19.1. The van der Waals surface area contributed by atoms with Gasteiger partial charge in [0.05, 0.1) is 15.7 Å². The van der Waals surface area contributed by atoms with Crippen molar-refractivity contribution >= 4 is 46.8 Å². The Morgan fingerprint density at radius 1 is 1.20 bits per heavy atom. The molecule has 5 nitrogen and oxygen atoms in total. The van der Waals surface area contributed by atoms with Crippen LogP contribution in [-0.4, -0.2) is 29.8 Å². The number of carbonyl (C=O) groups is 2. The Hall–Kier alpha value is -2.24. The van der Waals surface area contributed by atoms with E-state index in [4.69, 9.17) is 27.6 Å². The number of anilines is 1. The molecule has 2 amide bonds. The molecule has 0 radical (unpaired) electrons. The second-order valence-electron chi connectivity index (χ2n) is 5.28. The Balaban J connectivity index is 1.99. The summed E-state index contributed by atoms with van der Waals surface area (Å²) >= 11 is 12.0. The SMILES string of the molecule is CCN(CC(=O)Nc1c(Cl)cccc1Cl)C(=O)/C=C/c1ccc(C)o1. The van der Waals surface area contributed by atoms with Crippen LogP contribution < -0.4 is 5.32 Å². The summed E-state index contributed by atoms with van der Waals surface area (Å²) in [5.74, 6) is 0.661. The molecule has 25 heavy (non-hydrogen) atoms. The number of amides is 2. The van der Waals surface area contributed by atoms with Gasteiger partial charge in [-0.1, -0.05) is 29.3 Å². The van der Waals surface area contributed by atoms with Crippen molar-refractivity contribution in [2.24, 2.45) is 0 Å². The van der Waals surface area contributed by atoms with Crippen molar-refractivity contribution in [2.45, 2.75) is 13.8 Å². The minimum Gasteiger partial charge on any atom is -0.462 e. The Morgan fingerprint density at radius 2 is 1.88 bits per heavy atom. The fraction of sp³-hybridized carbons (Fsp3) is 0.222. The molecule has 132 valence electrons. The third-order valence-corrected chi connectivity index (χ3v) is 4.04. The minimum atomic E-state index is -0.382. The van der Waals surface area contributed by atoms with E-state index in [1.54, 1.807) is 37.3 Å². The van der Waals surface area contributed by atoms with E-state index in [2.05, 4.69) is 5.32 Å². The molecule has 2 aromatic rings. The number of nitrogens with zero attached hydrogens (tertiary/aromatic N) is 1. The average Bonchev–Trinajstić information content (AvgIpc) is 2.99.